The van der Waals surface area contributed by atoms with Crippen molar-refractivity contribution < 1.29 is 14.2 Å². The van der Waals surface area contributed by atoms with Gasteiger partial charge in [-0.05, 0) is 41.5 Å². The molecule has 0 spiro atoms. The number of ether oxygens (including phenoxy) is 1. The summed E-state index contributed by atoms with van der Waals surface area (Å²) in [4.78, 5) is 0. The van der Waals surface area contributed by atoms with Gasteiger partial charge in [0, 0.05) is 10.9 Å². The average molecular weight is 325 g/mol. The lowest BCUT2D eigenvalue weighted by Crippen LogP contribution is -2.02. The molecule has 0 aliphatic carbocycles. The van der Waals surface area contributed by atoms with Gasteiger partial charge in [0.1, 0.15) is 11.6 Å². The minimum absolute atomic E-state index is 0.305. The Bertz CT molecular complexity index is 555. The predicted octanol–water partition coefficient (Wildman–Crippen LogP) is 3.87. The Balaban J connectivity index is 2.15. The maximum Gasteiger partial charge on any atom is 0.123 e. The molecule has 0 heterocycles. The van der Waals surface area contributed by atoms with Crippen molar-refractivity contribution in [2.75, 3.05) is 7.11 Å². The zero-order valence-corrected chi connectivity index (χ0v) is 12.0. The van der Waals surface area contributed by atoms with Crippen LogP contribution in [0.15, 0.2) is 46.9 Å². The number of aliphatic hydroxyl groups is 1. The number of aliphatic hydroxyl groups excluding tert-OH is 1. The molecular formula is C15H14BrFO2. The second-order valence-corrected chi connectivity index (χ2v) is 5.08. The molecule has 4 heteroatoms. The fourth-order valence-corrected chi connectivity index (χ4v) is 2.26. The summed E-state index contributed by atoms with van der Waals surface area (Å²) in [5.41, 5.74) is 1.51. The van der Waals surface area contributed by atoms with Crippen LogP contribution in [0, 0.1) is 5.82 Å². The number of hydrogen-bond acceptors (Lipinski definition) is 2. The van der Waals surface area contributed by atoms with Gasteiger partial charge in [0.2, 0.25) is 0 Å². The Morgan fingerprint density at radius 3 is 2.53 bits per heavy atom. The summed E-state index contributed by atoms with van der Waals surface area (Å²) in [6.07, 6.45) is -0.325. The molecule has 0 saturated heterocycles. The lowest BCUT2D eigenvalue weighted by Gasteiger charge is -2.13. The Morgan fingerprint density at radius 2 is 1.89 bits per heavy atom. The van der Waals surface area contributed by atoms with Gasteiger partial charge in [0.05, 0.1) is 13.2 Å². The Hall–Kier alpha value is -1.39. The van der Waals surface area contributed by atoms with Gasteiger partial charge >= 0.3 is 0 Å². The van der Waals surface area contributed by atoms with Gasteiger partial charge in [-0.25, -0.2) is 4.39 Å². The molecule has 2 rings (SSSR count). The van der Waals surface area contributed by atoms with Crippen molar-refractivity contribution in [3.63, 3.8) is 0 Å². The minimum Gasteiger partial charge on any atom is -0.497 e. The van der Waals surface area contributed by atoms with Crippen LogP contribution in [0.5, 0.6) is 5.75 Å². The molecule has 0 aliphatic heterocycles. The van der Waals surface area contributed by atoms with E-state index in [1.165, 1.54) is 12.1 Å². The van der Waals surface area contributed by atoms with Gasteiger partial charge in [0.25, 0.3) is 0 Å². The van der Waals surface area contributed by atoms with Crippen molar-refractivity contribution in [3.05, 3.63) is 63.9 Å². The van der Waals surface area contributed by atoms with Crippen molar-refractivity contribution in [1.29, 1.82) is 0 Å². The first-order valence-corrected chi connectivity index (χ1v) is 6.65. The van der Waals surface area contributed by atoms with Crippen LogP contribution in [-0.4, -0.2) is 12.2 Å². The molecule has 0 amide bonds. The van der Waals surface area contributed by atoms with Gasteiger partial charge in [-0.3, -0.25) is 0 Å². The highest BCUT2D eigenvalue weighted by atomic mass is 79.9. The lowest BCUT2D eigenvalue weighted by molar-refractivity contribution is 0.178. The first-order chi connectivity index (χ1) is 9.10. The predicted molar refractivity (Wildman–Crippen MR) is 75.8 cm³/mol. The van der Waals surface area contributed by atoms with Crippen LogP contribution < -0.4 is 4.74 Å². The third-order valence-corrected chi connectivity index (χ3v) is 3.70. The van der Waals surface area contributed by atoms with Crippen LogP contribution >= 0.6 is 15.9 Å². The molecule has 2 nitrogen and oxygen atoms in total. The van der Waals surface area contributed by atoms with Gasteiger partial charge in [0.15, 0.2) is 0 Å². The largest absolute Gasteiger partial charge is 0.497 e. The van der Waals surface area contributed by atoms with Gasteiger partial charge < -0.3 is 9.84 Å². The number of hydrogen-bond donors (Lipinski definition) is 1. The van der Waals surface area contributed by atoms with Crippen molar-refractivity contribution in [2.45, 2.75) is 12.5 Å². The van der Waals surface area contributed by atoms with E-state index >= 15 is 0 Å². The van der Waals surface area contributed by atoms with E-state index in [9.17, 15) is 9.50 Å². The molecule has 2 aromatic carbocycles. The monoisotopic (exact) mass is 324 g/mol. The molecular weight excluding hydrogens is 311 g/mol. The molecule has 0 aromatic heterocycles. The maximum absolute atomic E-state index is 13.2. The molecule has 0 saturated carbocycles. The van der Waals surface area contributed by atoms with E-state index < -0.39 is 6.10 Å². The SMILES string of the molecule is COc1ccc(C(O)Cc2cc(F)ccc2Br)cc1. The van der Waals surface area contributed by atoms with Crippen LogP contribution in [0.3, 0.4) is 0 Å². The molecule has 0 fully saturated rings. The van der Waals surface area contributed by atoms with Crippen LogP contribution in [0.25, 0.3) is 0 Å². The van der Waals surface area contributed by atoms with Crippen molar-refractivity contribution in [2.24, 2.45) is 0 Å². The Kier molecular flexibility index (Phi) is 4.56. The van der Waals surface area contributed by atoms with E-state index in [4.69, 9.17) is 4.74 Å². The number of benzene rings is 2. The standard InChI is InChI=1S/C15H14BrFO2/c1-19-13-5-2-10(3-6-13)15(18)9-11-8-12(17)4-7-14(11)16/h2-8,15,18H,9H2,1H3. The molecule has 0 bridgehead atoms. The molecule has 1 N–H and O–H groups in total. The normalized spacial score (nSPS) is 12.2. The van der Waals surface area contributed by atoms with E-state index in [0.29, 0.717) is 6.42 Å². The second-order valence-electron chi connectivity index (χ2n) is 4.23. The summed E-state index contributed by atoms with van der Waals surface area (Å²) >= 11 is 3.36. The summed E-state index contributed by atoms with van der Waals surface area (Å²) in [5.74, 6) is 0.433. The third-order valence-electron chi connectivity index (χ3n) is 2.92. The zero-order chi connectivity index (χ0) is 13.8. The van der Waals surface area contributed by atoms with E-state index in [-0.39, 0.29) is 5.82 Å². The van der Waals surface area contributed by atoms with Crippen LogP contribution in [0.2, 0.25) is 0 Å². The van der Waals surface area contributed by atoms with Crippen LogP contribution in [0.1, 0.15) is 17.2 Å². The maximum atomic E-state index is 13.2. The molecule has 2 aromatic rings. The Labute approximate surface area is 120 Å². The second kappa shape index (κ2) is 6.17. The quantitative estimate of drug-likeness (QED) is 0.925. The highest BCUT2D eigenvalue weighted by Crippen LogP contribution is 2.25. The van der Waals surface area contributed by atoms with Crippen LogP contribution in [0.4, 0.5) is 4.39 Å². The topological polar surface area (TPSA) is 29.5 Å². The minimum atomic E-state index is -0.677. The summed E-state index contributed by atoms with van der Waals surface area (Å²) in [6.45, 7) is 0. The summed E-state index contributed by atoms with van der Waals surface area (Å²) in [7, 11) is 1.59. The Morgan fingerprint density at radius 1 is 1.21 bits per heavy atom. The molecule has 0 aliphatic rings. The smallest absolute Gasteiger partial charge is 0.123 e. The first kappa shape index (κ1) is 14.0. The van der Waals surface area contributed by atoms with Gasteiger partial charge in [-0.15, -0.1) is 0 Å². The number of rotatable bonds is 4. The molecule has 1 atom stereocenters. The van der Waals surface area contributed by atoms with Crippen molar-refractivity contribution in [1.82, 2.24) is 0 Å². The number of halogens is 2. The van der Waals surface area contributed by atoms with E-state index in [2.05, 4.69) is 15.9 Å². The van der Waals surface area contributed by atoms with E-state index in [1.807, 2.05) is 0 Å². The lowest BCUT2D eigenvalue weighted by atomic mass is 10.0. The van der Waals surface area contributed by atoms with Crippen molar-refractivity contribution >= 4 is 15.9 Å². The highest BCUT2D eigenvalue weighted by molar-refractivity contribution is 9.10. The fourth-order valence-electron chi connectivity index (χ4n) is 1.85. The highest BCUT2D eigenvalue weighted by Gasteiger charge is 2.11. The third kappa shape index (κ3) is 3.55. The fraction of sp³-hybridized carbons (Fsp3) is 0.200. The summed E-state index contributed by atoms with van der Waals surface area (Å²) in [6, 6.07) is 11.6. The van der Waals surface area contributed by atoms with E-state index in [1.54, 1.807) is 37.4 Å². The first-order valence-electron chi connectivity index (χ1n) is 5.86. The summed E-state index contributed by atoms with van der Waals surface area (Å²) < 4.78 is 19.0. The van der Waals surface area contributed by atoms with E-state index in [0.717, 1.165) is 21.3 Å². The van der Waals surface area contributed by atoms with Gasteiger partial charge in [-0.1, -0.05) is 28.1 Å². The van der Waals surface area contributed by atoms with Crippen LogP contribution in [-0.2, 0) is 6.42 Å². The van der Waals surface area contributed by atoms with Gasteiger partial charge in [-0.2, -0.15) is 0 Å². The molecule has 0 radical (unpaired) electrons. The number of methoxy groups -OCH3 is 1. The summed E-state index contributed by atoms with van der Waals surface area (Å²) in [5, 5.41) is 10.2. The molecule has 100 valence electrons. The molecule has 1 unspecified atom stereocenters. The molecule has 19 heavy (non-hydrogen) atoms. The van der Waals surface area contributed by atoms with Crippen molar-refractivity contribution in [3.8, 4) is 5.75 Å². The average Bonchev–Trinajstić information content (AvgIpc) is 2.43. The zero-order valence-electron chi connectivity index (χ0n) is 10.4.